The predicted octanol–water partition coefficient (Wildman–Crippen LogP) is 1.60. The molecule has 8 heteroatoms. The Morgan fingerprint density at radius 1 is 1.12 bits per heavy atom. The fourth-order valence-corrected chi connectivity index (χ4v) is 2.73. The second-order valence-corrected chi connectivity index (χ2v) is 6.03. The molecule has 26 heavy (non-hydrogen) atoms. The van der Waals surface area contributed by atoms with Gasteiger partial charge in [0.25, 0.3) is 11.8 Å². The van der Waals surface area contributed by atoms with E-state index in [-0.39, 0.29) is 24.5 Å². The Bertz CT molecular complexity index is 662. The van der Waals surface area contributed by atoms with E-state index in [1.165, 1.54) is 11.0 Å². The number of imide groups is 1. The third-order valence-corrected chi connectivity index (χ3v) is 4.08. The van der Waals surface area contributed by atoms with Gasteiger partial charge in [-0.3, -0.25) is 14.5 Å². The van der Waals surface area contributed by atoms with Crippen LogP contribution in [-0.4, -0.2) is 61.3 Å². The number of nitrogens with zero attached hydrogens (tertiary/aromatic N) is 1. The molecule has 0 radical (unpaired) electrons. The molecule has 0 bridgehead atoms. The third-order valence-electron chi connectivity index (χ3n) is 4.08. The smallest absolute Gasteiger partial charge is 0.319 e. The molecule has 0 aromatic heterocycles. The van der Waals surface area contributed by atoms with Crippen molar-refractivity contribution in [3.8, 4) is 0 Å². The molecular formula is C18H25N3O5. The van der Waals surface area contributed by atoms with Gasteiger partial charge in [0, 0.05) is 39.1 Å². The molecule has 142 valence electrons. The number of ether oxygens (including phenoxy) is 1. The van der Waals surface area contributed by atoms with E-state index in [9.17, 15) is 14.4 Å². The lowest BCUT2D eigenvalue weighted by molar-refractivity contribution is 0.0638. The minimum Gasteiger partial charge on any atom is -0.396 e. The number of urea groups is 1. The monoisotopic (exact) mass is 363 g/mol. The standard InChI is InChI=1S/C18H25N3O5/c1-26-11-5-9-21-16(23)14-7-6-13(12-15(14)17(21)24)20-18(25)19-8-3-2-4-10-22/h6-7,12,22H,2-5,8-11H2,1H3,(H2,19,20,25). The number of carbonyl (C=O) groups is 3. The highest BCUT2D eigenvalue weighted by molar-refractivity contribution is 6.21. The molecule has 4 amide bonds. The first kappa shape index (κ1) is 19.9. The normalized spacial score (nSPS) is 13.1. The van der Waals surface area contributed by atoms with E-state index < -0.39 is 0 Å². The first-order valence-electron chi connectivity index (χ1n) is 8.73. The van der Waals surface area contributed by atoms with Gasteiger partial charge in [-0.15, -0.1) is 0 Å². The largest absolute Gasteiger partial charge is 0.396 e. The molecule has 2 rings (SSSR count). The zero-order chi connectivity index (χ0) is 18.9. The highest BCUT2D eigenvalue weighted by Gasteiger charge is 2.35. The van der Waals surface area contributed by atoms with E-state index in [1.807, 2.05) is 0 Å². The summed E-state index contributed by atoms with van der Waals surface area (Å²) in [5.74, 6) is -0.671. The van der Waals surface area contributed by atoms with Crippen LogP contribution in [0.5, 0.6) is 0 Å². The second-order valence-electron chi connectivity index (χ2n) is 6.03. The van der Waals surface area contributed by atoms with Crippen molar-refractivity contribution in [1.82, 2.24) is 10.2 Å². The van der Waals surface area contributed by atoms with Crippen molar-refractivity contribution >= 4 is 23.5 Å². The molecule has 1 aliphatic heterocycles. The molecule has 0 atom stereocenters. The van der Waals surface area contributed by atoms with E-state index >= 15 is 0 Å². The van der Waals surface area contributed by atoms with Crippen LogP contribution in [-0.2, 0) is 4.74 Å². The van der Waals surface area contributed by atoms with Crippen LogP contribution in [0.15, 0.2) is 18.2 Å². The maximum atomic E-state index is 12.4. The van der Waals surface area contributed by atoms with Gasteiger partial charge >= 0.3 is 6.03 Å². The first-order chi connectivity index (χ1) is 12.6. The van der Waals surface area contributed by atoms with Crippen molar-refractivity contribution in [2.45, 2.75) is 25.7 Å². The molecule has 0 unspecified atom stereocenters. The number of anilines is 1. The number of nitrogens with one attached hydrogen (secondary N) is 2. The number of methoxy groups -OCH3 is 1. The number of hydrogen-bond acceptors (Lipinski definition) is 5. The van der Waals surface area contributed by atoms with E-state index in [1.54, 1.807) is 19.2 Å². The van der Waals surface area contributed by atoms with Crippen LogP contribution in [0, 0.1) is 0 Å². The van der Waals surface area contributed by atoms with Gasteiger partial charge in [-0.25, -0.2) is 4.79 Å². The SMILES string of the molecule is COCCCN1C(=O)c2ccc(NC(=O)NCCCCCO)cc2C1=O. The number of aliphatic hydroxyl groups excluding tert-OH is 1. The minimum absolute atomic E-state index is 0.149. The van der Waals surface area contributed by atoms with Crippen molar-refractivity contribution in [3.05, 3.63) is 29.3 Å². The van der Waals surface area contributed by atoms with Crippen LogP contribution < -0.4 is 10.6 Å². The molecule has 8 nitrogen and oxygen atoms in total. The van der Waals surface area contributed by atoms with Crippen LogP contribution >= 0.6 is 0 Å². The minimum atomic E-state index is -0.373. The summed E-state index contributed by atoms with van der Waals surface area (Å²) in [5, 5.41) is 14.1. The number of unbranched alkanes of at least 4 members (excludes halogenated alkanes) is 2. The van der Waals surface area contributed by atoms with E-state index in [4.69, 9.17) is 9.84 Å². The molecular weight excluding hydrogens is 338 g/mol. The van der Waals surface area contributed by atoms with Gasteiger partial charge in [0.15, 0.2) is 0 Å². The number of amides is 4. The van der Waals surface area contributed by atoms with Gasteiger partial charge in [0.05, 0.1) is 11.1 Å². The highest BCUT2D eigenvalue weighted by atomic mass is 16.5. The second kappa shape index (κ2) is 9.88. The molecule has 0 saturated carbocycles. The van der Waals surface area contributed by atoms with Gasteiger partial charge < -0.3 is 20.5 Å². The number of hydrogen-bond donors (Lipinski definition) is 3. The van der Waals surface area contributed by atoms with Crippen LogP contribution in [0.2, 0.25) is 0 Å². The Balaban J connectivity index is 1.92. The molecule has 0 fully saturated rings. The average molecular weight is 363 g/mol. The van der Waals surface area contributed by atoms with Crippen molar-refractivity contribution in [2.24, 2.45) is 0 Å². The number of benzene rings is 1. The average Bonchev–Trinajstić information content (AvgIpc) is 2.86. The molecule has 1 aromatic carbocycles. The van der Waals surface area contributed by atoms with Crippen LogP contribution in [0.25, 0.3) is 0 Å². The van der Waals surface area contributed by atoms with E-state index in [0.717, 1.165) is 12.8 Å². The Hall–Kier alpha value is -2.45. The molecule has 1 aliphatic rings. The Kier molecular flexibility index (Phi) is 7.55. The maximum Gasteiger partial charge on any atom is 0.319 e. The topological polar surface area (TPSA) is 108 Å². The lowest BCUT2D eigenvalue weighted by atomic mass is 10.1. The van der Waals surface area contributed by atoms with Gasteiger partial charge in [0.1, 0.15) is 0 Å². The zero-order valence-electron chi connectivity index (χ0n) is 14.9. The number of aliphatic hydroxyl groups is 1. The van der Waals surface area contributed by atoms with Gasteiger partial charge in [-0.05, 0) is 43.9 Å². The van der Waals surface area contributed by atoms with Crippen LogP contribution in [0.4, 0.5) is 10.5 Å². The Labute approximate surface area is 152 Å². The Morgan fingerprint density at radius 2 is 1.88 bits per heavy atom. The van der Waals surface area contributed by atoms with Crippen molar-refractivity contribution in [1.29, 1.82) is 0 Å². The van der Waals surface area contributed by atoms with Crippen LogP contribution in [0.1, 0.15) is 46.4 Å². The summed E-state index contributed by atoms with van der Waals surface area (Å²) in [6, 6.07) is 4.32. The lowest BCUT2D eigenvalue weighted by Crippen LogP contribution is -2.31. The lowest BCUT2D eigenvalue weighted by Gasteiger charge is -2.12. The molecule has 0 saturated heterocycles. The quantitative estimate of drug-likeness (QED) is 0.432. The van der Waals surface area contributed by atoms with E-state index in [0.29, 0.717) is 49.4 Å². The zero-order valence-corrected chi connectivity index (χ0v) is 14.9. The van der Waals surface area contributed by atoms with Crippen molar-refractivity contribution < 1.29 is 24.2 Å². The Morgan fingerprint density at radius 3 is 2.62 bits per heavy atom. The van der Waals surface area contributed by atoms with Gasteiger partial charge in [0.2, 0.25) is 0 Å². The van der Waals surface area contributed by atoms with Crippen molar-refractivity contribution in [2.75, 3.05) is 38.7 Å². The maximum absolute atomic E-state index is 12.4. The summed E-state index contributed by atoms with van der Waals surface area (Å²) in [7, 11) is 1.57. The molecule has 3 N–H and O–H groups in total. The fraction of sp³-hybridized carbons (Fsp3) is 0.500. The van der Waals surface area contributed by atoms with E-state index in [2.05, 4.69) is 10.6 Å². The molecule has 0 spiro atoms. The summed E-state index contributed by atoms with van der Waals surface area (Å²) >= 11 is 0. The summed E-state index contributed by atoms with van der Waals surface area (Å²) in [6.45, 7) is 1.42. The summed E-state index contributed by atoms with van der Waals surface area (Å²) in [4.78, 5) is 37.8. The molecule has 1 heterocycles. The van der Waals surface area contributed by atoms with Gasteiger partial charge in [-0.2, -0.15) is 0 Å². The summed E-state index contributed by atoms with van der Waals surface area (Å²) < 4.78 is 4.95. The number of fused-ring (bicyclic) bond motifs is 1. The number of carbonyl (C=O) groups excluding carboxylic acids is 3. The third kappa shape index (κ3) is 5.03. The molecule has 0 aliphatic carbocycles. The van der Waals surface area contributed by atoms with Crippen molar-refractivity contribution in [3.63, 3.8) is 0 Å². The molecule has 1 aromatic rings. The van der Waals surface area contributed by atoms with Gasteiger partial charge in [-0.1, -0.05) is 0 Å². The number of rotatable bonds is 10. The predicted molar refractivity (Wildman–Crippen MR) is 96.3 cm³/mol. The first-order valence-corrected chi connectivity index (χ1v) is 8.73. The summed E-state index contributed by atoms with van der Waals surface area (Å²) in [5.41, 5.74) is 1.10. The highest BCUT2D eigenvalue weighted by Crippen LogP contribution is 2.26. The fourth-order valence-electron chi connectivity index (χ4n) is 2.73. The summed E-state index contributed by atoms with van der Waals surface area (Å²) in [6.07, 6.45) is 2.91. The van der Waals surface area contributed by atoms with Crippen LogP contribution in [0.3, 0.4) is 0 Å².